The number of allylic oxidation sites excluding steroid dienone is 1. The lowest BCUT2D eigenvalue weighted by atomic mass is 10.1. The van der Waals surface area contributed by atoms with Gasteiger partial charge in [-0.1, -0.05) is 36.4 Å². The number of nitrogens with zero attached hydrogens (tertiary/aromatic N) is 1. The number of aromatic amines is 1. The van der Waals surface area contributed by atoms with Crippen molar-refractivity contribution >= 4 is 20.9 Å². The molecule has 0 aliphatic rings. The Hall–Kier alpha value is -3.33. The number of hydrogen-bond donors (Lipinski definition) is 4. The molecule has 0 aliphatic heterocycles. The van der Waals surface area contributed by atoms with Crippen molar-refractivity contribution < 1.29 is 13.6 Å². The molecule has 0 saturated carbocycles. The summed E-state index contributed by atoms with van der Waals surface area (Å²) in [6, 6.07) is 16.8. The SMILES string of the molecule is O=S(=O)(c1ccc(CNCc2c[nH]c3ccccc23)cc1)n1ccc(C/C=C/NO)c1. The minimum absolute atomic E-state index is 0.239. The van der Waals surface area contributed by atoms with Crippen LogP contribution in [0, 0.1) is 0 Å². The van der Waals surface area contributed by atoms with Crippen LogP contribution < -0.4 is 10.8 Å². The number of rotatable bonds is 9. The largest absolute Gasteiger partial charge is 0.361 e. The summed E-state index contributed by atoms with van der Waals surface area (Å²) in [4.78, 5) is 3.50. The van der Waals surface area contributed by atoms with E-state index in [-0.39, 0.29) is 4.90 Å². The zero-order valence-electron chi connectivity index (χ0n) is 16.8. The predicted octanol–water partition coefficient (Wildman–Crippen LogP) is 3.53. The lowest BCUT2D eigenvalue weighted by Gasteiger charge is -2.08. The van der Waals surface area contributed by atoms with E-state index in [1.807, 2.05) is 35.9 Å². The molecule has 0 saturated heterocycles. The lowest BCUT2D eigenvalue weighted by Crippen LogP contribution is -2.13. The smallest absolute Gasteiger partial charge is 0.267 e. The molecule has 0 atom stereocenters. The van der Waals surface area contributed by atoms with Gasteiger partial charge < -0.3 is 10.3 Å². The van der Waals surface area contributed by atoms with Crippen LogP contribution in [0.15, 0.2) is 90.4 Å². The molecule has 8 heteroatoms. The second kappa shape index (κ2) is 9.22. The molecule has 0 fully saturated rings. The normalized spacial score (nSPS) is 12.0. The zero-order valence-corrected chi connectivity index (χ0v) is 17.6. The topological polar surface area (TPSA) is 99.2 Å². The molecule has 0 unspecified atom stereocenters. The molecule has 160 valence electrons. The van der Waals surface area contributed by atoms with Gasteiger partial charge in [0, 0.05) is 48.8 Å². The van der Waals surface area contributed by atoms with Crippen LogP contribution in [-0.4, -0.2) is 22.6 Å². The fraction of sp³-hybridized carbons (Fsp3) is 0.130. The first-order valence-electron chi connectivity index (χ1n) is 9.89. The van der Waals surface area contributed by atoms with Gasteiger partial charge in [0.15, 0.2) is 0 Å². The van der Waals surface area contributed by atoms with E-state index in [1.54, 1.807) is 30.5 Å². The van der Waals surface area contributed by atoms with E-state index in [2.05, 4.69) is 22.4 Å². The van der Waals surface area contributed by atoms with Gasteiger partial charge in [0.25, 0.3) is 10.0 Å². The molecule has 0 amide bonds. The summed E-state index contributed by atoms with van der Waals surface area (Å²) in [5.41, 5.74) is 6.07. The number of aromatic nitrogens is 2. The first-order chi connectivity index (χ1) is 15.1. The number of nitrogens with one attached hydrogen (secondary N) is 3. The van der Waals surface area contributed by atoms with Crippen molar-refractivity contribution in [2.75, 3.05) is 0 Å². The number of para-hydroxylation sites is 1. The number of H-pyrrole nitrogens is 1. The maximum absolute atomic E-state index is 12.9. The zero-order chi connectivity index (χ0) is 21.7. The van der Waals surface area contributed by atoms with Gasteiger partial charge in [-0.25, -0.2) is 12.4 Å². The Kier molecular flexibility index (Phi) is 6.22. The molecule has 2 aromatic carbocycles. The number of hydrogen-bond acceptors (Lipinski definition) is 5. The minimum Gasteiger partial charge on any atom is -0.361 e. The molecule has 4 aromatic rings. The van der Waals surface area contributed by atoms with Crippen molar-refractivity contribution in [3.8, 4) is 0 Å². The first kappa shape index (κ1) is 20.9. The van der Waals surface area contributed by atoms with Gasteiger partial charge in [-0.05, 0) is 47.4 Å². The van der Waals surface area contributed by atoms with Crippen LogP contribution in [-0.2, 0) is 29.5 Å². The van der Waals surface area contributed by atoms with Gasteiger partial charge >= 0.3 is 0 Å². The van der Waals surface area contributed by atoms with Gasteiger partial charge in [-0.15, -0.1) is 0 Å². The third kappa shape index (κ3) is 4.72. The maximum Gasteiger partial charge on any atom is 0.267 e. The minimum atomic E-state index is -3.64. The summed E-state index contributed by atoms with van der Waals surface area (Å²) in [5, 5.41) is 13.2. The fourth-order valence-corrected chi connectivity index (χ4v) is 4.68. The van der Waals surface area contributed by atoms with Gasteiger partial charge in [0.05, 0.1) is 4.90 Å². The van der Waals surface area contributed by atoms with E-state index in [0.29, 0.717) is 13.0 Å². The highest BCUT2D eigenvalue weighted by Crippen LogP contribution is 2.19. The van der Waals surface area contributed by atoms with Gasteiger partial charge in [-0.2, -0.15) is 0 Å². The standard InChI is InChI=1S/C23H24N4O3S/c28-26-12-3-4-19-11-13-27(17-19)31(29,30)21-9-7-18(8-10-21)14-24-15-20-16-25-23-6-2-1-5-22(20)23/h1-3,5-13,16-17,24-26,28H,4,14-15H2/b12-3+. The molecule has 4 N–H and O–H groups in total. The van der Waals surface area contributed by atoms with Crippen LogP contribution in [0.4, 0.5) is 0 Å². The van der Waals surface area contributed by atoms with Crippen LogP contribution >= 0.6 is 0 Å². The summed E-state index contributed by atoms with van der Waals surface area (Å²) in [6.07, 6.45) is 8.71. The average molecular weight is 437 g/mol. The Morgan fingerprint density at radius 3 is 2.61 bits per heavy atom. The quantitative estimate of drug-likeness (QED) is 0.301. The van der Waals surface area contributed by atoms with Crippen molar-refractivity contribution in [2.24, 2.45) is 0 Å². The Bertz CT molecular complexity index is 1290. The highest BCUT2D eigenvalue weighted by atomic mass is 32.2. The Balaban J connectivity index is 1.38. The molecular weight excluding hydrogens is 412 g/mol. The van der Waals surface area contributed by atoms with Crippen molar-refractivity contribution in [2.45, 2.75) is 24.4 Å². The molecule has 0 radical (unpaired) electrons. The van der Waals surface area contributed by atoms with E-state index >= 15 is 0 Å². The number of benzene rings is 2. The van der Waals surface area contributed by atoms with E-state index < -0.39 is 10.0 Å². The van der Waals surface area contributed by atoms with Crippen LogP contribution in [0.3, 0.4) is 0 Å². The highest BCUT2D eigenvalue weighted by molar-refractivity contribution is 7.90. The third-order valence-electron chi connectivity index (χ3n) is 5.09. The summed E-state index contributed by atoms with van der Waals surface area (Å²) in [6.45, 7) is 1.36. The fourth-order valence-electron chi connectivity index (χ4n) is 3.46. The number of hydroxylamine groups is 1. The van der Waals surface area contributed by atoms with Gasteiger partial charge in [-0.3, -0.25) is 10.7 Å². The van der Waals surface area contributed by atoms with Crippen molar-refractivity contribution in [3.63, 3.8) is 0 Å². The molecule has 2 heterocycles. The molecule has 0 aliphatic carbocycles. The first-order valence-corrected chi connectivity index (χ1v) is 11.3. The van der Waals surface area contributed by atoms with E-state index in [9.17, 15) is 8.42 Å². The van der Waals surface area contributed by atoms with Crippen molar-refractivity contribution in [1.82, 2.24) is 19.8 Å². The summed E-state index contributed by atoms with van der Waals surface area (Å²) in [5.74, 6) is 0. The van der Waals surface area contributed by atoms with Gasteiger partial charge in [0.2, 0.25) is 0 Å². The summed E-state index contributed by atoms with van der Waals surface area (Å²) < 4.78 is 26.9. The van der Waals surface area contributed by atoms with Crippen molar-refractivity contribution in [1.29, 1.82) is 0 Å². The van der Waals surface area contributed by atoms with E-state index in [1.165, 1.54) is 27.3 Å². The van der Waals surface area contributed by atoms with Crippen LogP contribution in [0.5, 0.6) is 0 Å². The maximum atomic E-state index is 12.9. The third-order valence-corrected chi connectivity index (χ3v) is 6.74. The second-order valence-corrected chi connectivity index (χ2v) is 9.04. The molecule has 2 aromatic heterocycles. The molecule has 31 heavy (non-hydrogen) atoms. The Morgan fingerprint density at radius 2 is 1.81 bits per heavy atom. The predicted molar refractivity (Wildman–Crippen MR) is 120 cm³/mol. The number of fused-ring (bicyclic) bond motifs is 1. The van der Waals surface area contributed by atoms with Crippen LogP contribution in [0.2, 0.25) is 0 Å². The van der Waals surface area contributed by atoms with Gasteiger partial charge in [0.1, 0.15) is 0 Å². The van der Waals surface area contributed by atoms with Crippen LogP contribution in [0.1, 0.15) is 16.7 Å². The van der Waals surface area contributed by atoms with Crippen molar-refractivity contribution in [3.05, 3.63) is 102 Å². The molecule has 4 rings (SSSR count). The van der Waals surface area contributed by atoms with E-state index in [4.69, 9.17) is 5.21 Å². The molecular formula is C23H24N4O3S. The molecule has 0 bridgehead atoms. The summed E-state index contributed by atoms with van der Waals surface area (Å²) >= 11 is 0. The second-order valence-electron chi connectivity index (χ2n) is 7.20. The molecule has 7 nitrogen and oxygen atoms in total. The van der Waals surface area contributed by atoms with Crippen LogP contribution in [0.25, 0.3) is 10.9 Å². The summed E-state index contributed by atoms with van der Waals surface area (Å²) in [7, 11) is -3.64. The Labute approximate surface area is 181 Å². The average Bonchev–Trinajstić information content (AvgIpc) is 3.42. The highest BCUT2D eigenvalue weighted by Gasteiger charge is 2.16. The lowest BCUT2D eigenvalue weighted by molar-refractivity contribution is 0.214. The Morgan fingerprint density at radius 1 is 1.00 bits per heavy atom. The molecule has 0 spiro atoms. The van der Waals surface area contributed by atoms with E-state index in [0.717, 1.165) is 23.2 Å². The monoisotopic (exact) mass is 436 g/mol.